The van der Waals surface area contributed by atoms with Crippen LogP contribution in [0, 0.1) is 0 Å². The monoisotopic (exact) mass is 458 g/mol. The Bertz CT molecular complexity index is 843. The smallest absolute Gasteiger partial charge is 0.231 e. The van der Waals surface area contributed by atoms with E-state index in [-0.39, 0.29) is 6.61 Å². The molecule has 180 valence electrons. The van der Waals surface area contributed by atoms with E-state index in [4.69, 9.17) is 23.7 Å². The molecule has 2 aliphatic rings. The standard InChI is InChI=1S/C25H33FN2O5/c26-7-12-29-13-14-30-15-16-31-23-4-1-21(2-5-23)18-27-8-10-28(11-9-27)19-22-3-6-24-25(17-22)33-20-32-24/h1-6,17H,7-16,18-20H2/i26-2. The minimum atomic E-state index is -0.461. The zero-order valence-corrected chi connectivity index (χ0v) is 19.0. The highest BCUT2D eigenvalue weighted by Gasteiger charge is 2.19. The van der Waals surface area contributed by atoms with E-state index in [1.54, 1.807) is 0 Å². The molecular formula is C25H33FN2O5. The van der Waals surface area contributed by atoms with E-state index in [2.05, 4.69) is 34.1 Å². The zero-order valence-electron chi connectivity index (χ0n) is 19.0. The quantitative estimate of drug-likeness (QED) is 0.428. The van der Waals surface area contributed by atoms with Crippen molar-refractivity contribution in [3.8, 4) is 17.2 Å². The van der Waals surface area contributed by atoms with Crippen molar-refractivity contribution < 1.29 is 28.1 Å². The molecule has 2 aromatic carbocycles. The molecule has 2 heterocycles. The van der Waals surface area contributed by atoms with E-state index in [1.807, 2.05) is 18.2 Å². The van der Waals surface area contributed by atoms with E-state index in [1.165, 1.54) is 11.1 Å². The Kier molecular flexibility index (Phi) is 9.17. The van der Waals surface area contributed by atoms with Gasteiger partial charge in [-0.15, -0.1) is 0 Å². The third kappa shape index (κ3) is 7.57. The second kappa shape index (κ2) is 12.7. The second-order valence-electron chi connectivity index (χ2n) is 8.15. The van der Waals surface area contributed by atoms with Gasteiger partial charge in [-0.05, 0) is 35.4 Å². The van der Waals surface area contributed by atoms with Gasteiger partial charge in [0.2, 0.25) is 6.79 Å². The average molecular weight is 459 g/mol. The lowest BCUT2D eigenvalue weighted by molar-refractivity contribution is 0.0325. The van der Waals surface area contributed by atoms with E-state index in [0.717, 1.165) is 56.5 Å². The molecule has 0 saturated carbocycles. The number of alkyl halides is 1. The van der Waals surface area contributed by atoms with Gasteiger partial charge in [-0.3, -0.25) is 9.80 Å². The van der Waals surface area contributed by atoms with Gasteiger partial charge in [-0.25, -0.2) is 4.39 Å². The lowest BCUT2D eigenvalue weighted by Crippen LogP contribution is -2.45. The van der Waals surface area contributed by atoms with Gasteiger partial charge in [0.1, 0.15) is 19.0 Å². The van der Waals surface area contributed by atoms with Gasteiger partial charge in [0.25, 0.3) is 0 Å². The van der Waals surface area contributed by atoms with Crippen LogP contribution in [0.1, 0.15) is 11.1 Å². The van der Waals surface area contributed by atoms with Gasteiger partial charge in [0.05, 0.1) is 26.4 Å². The minimum Gasteiger partial charge on any atom is -0.491 e. The first-order valence-corrected chi connectivity index (χ1v) is 11.6. The predicted molar refractivity (Wildman–Crippen MR) is 123 cm³/mol. The van der Waals surface area contributed by atoms with Gasteiger partial charge >= 0.3 is 0 Å². The molecule has 4 rings (SSSR count). The topological polar surface area (TPSA) is 52.6 Å². The second-order valence-corrected chi connectivity index (χ2v) is 8.15. The molecule has 2 aromatic rings. The highest BCUT2D eigenvalue weighted by atomic mass is 17.2. The number of halogens is 1. The van der Waals surface area contributed by atoms with E-state index < -0.39 is 6.67 Å². The molecule has 7 nitrogen and oxygen atoms in total. The molecule has 0 unspecified atom stereocenters. The van der Waals surface area contributed by atoms with Crippen LogP contribution in [0.15, 0.2) is 42.5 Å². The molecule has 1 fully saturated rings. The van der Waals surface area contributed by atoms with Crippen LogP contribution in [0.5, 0.6) is 17.2 Å². The first kappa shape index (κ1) is 23.8. The Morgan fingerprint density at radius 2 is 1.30 bits per heavy atom. The van der Waals surface area contributed by atoms with Gasteiger partial charge in [0.15, 0.2) is 11.5 Å². The maximum absolute atomic E-state index is 11.9. The maximum Gasteiger partial charge on any atom is 0.231 e. The summed E-state index contributed by atoms with van der Waals surface area (Å²) in [5, 5.41) is 0. The van der Waals surface area contributed by atoms with Crippen LogP contribution in [0.25, 0.3) is 0 Å². The van der Waals surface area contributed by atoms with Crippen LogP contribution in [0.4, 0.5) is 4.39 Å². The van der Waals surface area contributed by atoms with Crippen LogP contribution < -0.4 is 14.2 Å². The predicted octanol–water partition coefficient (Wildman–Crippen LogP) is 3.11. The van der Waals surface area contributed by atoms with Gasteiger partial charge < -0.3 is 23.7 Å². The number of benzene rings is 2. The van der Waals surface area contributed by atoms with Gasteiger partial charge in [-0.1, -0.05) is 18.2 Å². The van der Waals surface area contributed by atoms with Crippen molar-refractivity contribution in [2.24, 2.45) is 0 Å². The summed E-state index contributed by atoms with van der Waals surface area (Å²) >= 11 is 0. The number of ether oxygens (including phenoxy) is 5. The highest BCUT2D eigenvalue weighted by molar-refractivity contribution is 5.44. The van der Waals surface area contributed by atoms with Crippen LogP contribution in [-0.2, 0) is 22.6 Å². The Hall–Kier alpha value is -2.39. The zero-order chi connectivity index (χ0) is 22.7. The molecule has 0 amide bonds. The number of fused-ring (bicyclic) bond motifs is 1. The third-order valence-electron chi connectivity index (χ3n) is 5.73. The first-order valence-electron chi connectivity index (χ1n) is 11.6. The maximum atomic E-state index is 11.9. The number of nitrogens with zero attached hydrogens (tertiary/aromatic N) is 2. The molecule has 1 saturated heterocycles. The molecule has 0 atom stereocenters. The van der Waals surface area contributed by atoms with E-state index in [9.17, 15) is 4.39 Å². The number of hydrogen-bond donors (Lipinski definition) is 0. The lowest BCUT2D eigenvalue weighted by Gasteiger charge is -2.34. The van der Waals surface area contributed by atoms with Crippen molar-refractivity contribution in [3.05, 3.63) is 53.6 Å². The summed E-state index contributed by atoms with van der Waals surface area (Å²) in [4.78, 5) is 4.98. The fourth-order valence-corrected chi connectivity index (χ4v) is 3.95. The molecule has 0 N–H and O–H groups in total. The fourth-order valence-electron chi connectivity index (χ4n) is 3.95. The molecule has 33 heavy (non-hydrogen) atoms. The molecule has 0 radical (unpaired) electrons. The Morgan fingerprint density at radius 3 is 2.03 bits per heavy atom. The SMILES string of the molecule is [17F]CCOCCOCCOc1ccc(CN2CCN(Cc3ccc4c(c3)OCO4)CC2)cc1. The number of hydrogen-bond acceptors (Lipinski definition) is 7. The summed E-state index contributed by atoms with van der Waals surface area (Å²) in [7, 11) is 0. The third-order valence-corrected chi connectivity index (χ3v) is 5.73. The van der Waals surface area contributed by atoms with E-state index >= 15 is 0 Å². The average Bonchev–Trinajstić information content (AvgIpc) is 3.31. The first-order chi connectivity index (χ1) is 16.3. The van der Waals surface area contributed by atoms with E-state index in [0.29, 0.717) is 33.2 Å². The van der Waals surface area contributed by atoms with Gasteiger partial charge in [-0.2, -0.15) is 0 Å². The molecule has 8 heteroatoms. The molecular weight excluding hydrogens is 425 g/mol. The van der Waals surface area contributed by atoms with Crippen LogP contribution in [-0.4, -0.2) is 82.5 Å². The highest BCUT2D eigenvalue weighted by Crippen LogP contribution is 2.32. The molecule has 0 aliphatic carbocycles. The summed E-state index contributed by atoms with van der Waals surface area (Å²) in [5.41, 5.74) is 2.55. The Labute approximate surface area is 194 Å². The Balaban J connectivity index is 1.11. The van der Waals surface area contributed by atoms with Crippen LogP contribution in [0.2, 0.25) is 0 Å². The van der Waals surface area contributed by atoms with Crippen LogP contribution in [0.3, 0.4) is 0 Å². The summed E-state index contributed by atoms with van der Waals surface area (Å²) in [5.74, 6) is 2.53. The largest absolute Gasteiger partial charge is 0.491 e. The van der Waals surface area contributed by atoms with Crippen LogP contribution >= 0.6 is 0 Å². The van der Waals surface area contributed by atoms with Crippen molar-refractivity contribution in [3.63, 3.8) is 0 Å². The molecule has 2 aliphatic heterocycles. The molecule has 0 spiro atoms. The van der Waals surface area contributed by atoms with Crippen molar-refractivity contribution in [2.45, 2.75) is 13.1 Å². The number of rotatable bonds is 13. The summed E-state index contributed by atoms with van der Waals surface area (Å²) in [6, 6.07) is 14.5. The van der Waals surface area contributed by atoms with Gasteiger partial charge in [0, 0.05) is 39.3 Å². The summed E-state index contributed by atoms with van der Waals surface area (Å²) in [6.07, 6.45) is 0. The lowest BCUT2D eigenvalue weighted by atomic mass is 10.1. The summed E-state index contributed by atoms with van der Waals surface area (Å²) in [6.45, 7) is 7.89. The Morgan fingerprint density at radius 1 is 0.697 bits per heavy atom. The summed E-state index contributed by atoms with van der Waals surface area (Å²) < 4.78 is 38.9. The minimum absolute atomic E-state index is 0.128. The van der Waals surface area contributed by atoms with Crippen molar-refractivity contribution in [2.75, 3.05) is 72.7 Å². The molecule has 0 aromatic heterocycles. The van der Waals surface area contributed by atoms with Crippen molar-refractivity contribution in [1.29, 1.82) is 0 Å². The number of piperazine rings is 1. The fraction of sp³-hybridized carbons (Fsp3) is 0.520. The molecule has 0 bridgehead atoms. The van der Waals surface area contributed by atoms with Crippen molar-refractivity contribution in [1.82, 2.24) is 9.80 Å². The normalized spacial score (nSPS) is 16.3. The van der Waals surface area contributed by atoms with Crippen molar-refractivity contribution >= 4 is 0 Å².